The summed E-state index contributed by atoms with van der Waals surface area (Å²) in [6.07, 6.45) is 7.74. The second-order valence-electron chi connectivity index (χ2n) is 7.39. The largest absolute Gasteiger partial charge is 0.293 e. The second-order valence-corrected chi connectivity index (χ2v) is 9.94. The van der Waals surface area contributed by atoms with E-state index in [2.05, 4.69) is 0 Å². The Kier molecular flexibility index (Phi) is 6.68. The summed E-state index contributed by atoms with van der Waals surface area (Å²) in [6, 6.07) is 15.6. The van der Waals surface area contributed by atoms with Gasteiger partial charge in [0.2, 0.25) is 0 Å². The molecule has 0 unspecified atom stereocenters. The monoisotopic (exact) mass is 443 g/mol. The molecule has 1 aliphatic heterocycles. The normalized spacial score (nSPS) is 19.3. The van der Waals surface area contributed by atoms with Gasteiger partial charge in [-0.25, -0.2) is 0 Å². The van der Waals surface area contributed by atoms with Crippen LogP contribution in [0.2, 0.25) is 5.02 Å². The molecule has 29 heavy (non-hydrogen) atoms. The zero-order chi connectivity index (χ0) is 20.2. The minimum Gasteiger partial charge on any atom is -0.268 e. The minimum atomic E-state index is -0.156. The third-order valence-electron chi connectivity index (χ3n) is 5.29. The van der Waals surface area contributed by atoms with Crippen LogP contribution in [0, 0.1) is 5.92 Å². The van der Waals surface area contributed by atoms with Crippen molar-refractivity contribution in [1.82, 2.24) is 4.90 Å². The van der Waals surface area contributed by atoms with E-state index in [9.17, 15) is 9.59 Å². The fourth-order valence-corrected chi connectivity index (χ4v) is 5.63. The molecule has 2 amide bonds. The molecule has 2 fully saturated rings. The van der Waals surface area contributed by atoms with Crippen LogP contribution in [0.1, 0.15) is 37.7 Å². The number of carbonyl (C=O) groups excluding carboxylic acids is 2. The first-order chi connectivity index (χ1) is 14.1. The number of thioether (sulfide) groups is 1. The van der Waals surface area contributed by atoms with Gasteiger partial charge in [-0.3, -0.25) is 14.5 Å². The lowest BCUT2D eigenvalue weighted by atomic mass is 9.89. The summed E-state index contributed by atoms with van der Waals surface area (Å²) >= 11 is 8.65. The first-order valence-electron chi connectivity index (χ1n) is 9.88. The standard InChI is InChI=1S/C23H22ClNO2S2/c24-18-10-12-19(13-11-18)28-20-9-5-4-8-17(20)14-21-22(26)25(23(27)29-21)15-16-6-2-1-3-7-16/h4-5,8-14,16H,1-3,6-7,15H2/b21-14-. The van der Waals surface area contributed by atoms with Crippen LogP contribution >= 0.6 is 35.1 Å². The molecule has 0 atom stereocenters. The maximum absolute atomic E-state index is 12.9. The van der Waals surface area contributed by atoms with Crippen LogP contribution in [0.25, 0.3) is 6.08 Å². The fourth-order valence-electron chi connectivity index (χ4n) is 3.75. The Morgan fingerprint density at radius 3 is 2.52 bits per heavy atom. The smallest absolute Gasteiger partial charge is 0.268 e. The Hall–Kier alpha value is -1.69. The third-order valence-corrected chi connectivity index (χ3v) is 7.55. The van der Waals surface area contributed by atoms with Crippen molar-refractivity contribution in [1.29, 1.82) is 0 Å². The lowest BCUT2D eigenvalue weighted by Gasteiger charge is -2.25. The lowest BCUT2D eigenvalue weighted by Crippen LogP contribution is -2.34. The highest BCUT2D eigenvalue weighted by Crippen LogP contribution is 2.37. The van der Waals surface area contributed by atoms with E-state index >= 15 is 0 Å². The van der Waals surface area contributed by atoms with E-state index in [0.717, 1.165) is 40.0 Å². The number of benzene rings is 2. The van der Waals surface area contributed by atoms with Gasteiger partial charge in [-0.15, -0.1) is 0 Å². The summed E-state index contributed by atoms with van der Waals surface area (Å²) in [5, 5.41) is 0.559. The maximum Gasteiger partial charge on any atom is 0.293 e. The Bertz CT molecular complexity index is 936. The number of hydrogen-bond donors (Lipinski definition) is 0. The third kappa shape index (κ3) is 5.08. The van der Waals surface area contributed by atoms with Crippen LogP contribution in [0.5, 0.6) is 0 Å². The minimum absolute atomic E-state index is 0.144. The number of rotatable bonds is 5. The highest BCUT2D eigenvalue weighted by molar-refractivity contribution is 8.18. The topological polar surface area (TPSA) is 37.4 Å². The van der Waals surface area contributed by atoms with Crippen LogP contribution in [0.4, 0.5) is 4.79 Å². The van der Waals surface area contributed by atoms with Gasteiger partial charge in [0.15, 0.2) is 0 Å². The summed E-state index contributed by atoms with van der Waals surface area (Å²) in [7, 11) is 0. The van der Waals surface area contributed by atoms with Gasteiger partial charge in [0.1, 0.15) is 0 Å². The molecule has 1 saturated heterocycles. The van der Waals surface area contributed by atoms with Crippen LogP contribution in [0.15, 0.2) is 63.2 Å². The predicted molar refractivity (Wildman–Crippen MR) is 121 cm³/mol. The van der Waals surface area contributed by atoms with Gasteiger partial charge in [0.25, 0.3) is 11.1 Å². The van der Waals surface area contributed by atoms with E-state index in [-0.39, 0.29) is 11.1 Å². The average Bonchev–Trinajstić information content (AvgIpc) is 2.99. The maximum atomic E-state index is 12.9. The lowest BCUT2D eigenvalue weighted by molar-refractivity contribution is -0.123. The van der Waals surface area contributed by atoms with Crippen molar-refractivity contribution < 1.29 is 9.59 Å². The Labute approximate surface area is 184 Å². The zero-order valence-electron chi connectivity index (χ0n) is 16.0. The molecule has 2 aromatic rings. The van der Waals surface area contributed by atoms with Crippen molar-refractivity contribution in [2.45, 2.75) is 41.9 Å². The van der Waals surface area contributed by atoms with Crippen molar-refractivity contribution in [3.05, 3.63) is 64.0 Å². The van der Waals surface area contributed by atoms with Crippen LogP contribution in [-0.2, 0) is 4.79 Å². The molecule has 2 aromatic carbocycles. The number of nitrogens with zero attached hydrogens (tertiary/aromatic N) is 1. The van der Waals surface area contributed by atoms with Crippen molar-refractivity contribution in [3.63, 3.8) is 0 Å². The van der Waals surface area contributed by atoms with Gasteiger partial charge >= 0.3 is 0 Å². The molecule has 150 valence electrons. The van der Waals surface area contributed by atoms with Crippen molar-refractivity contribution in [2.24, 2.45) is 5.92 Å². The number of hydrogen-bond acceptors (Lipinski definition) is 4. The molecule has 2 aliphatic rings. The van der Waals surface area contributed by atoms with Crippen LogP contribution in [0.3, 0.4) is 0 Å². The van der Waals surface area contributed by atoms with E-state index < -0.39 is 0 Å². The van der Waals surface area contributed by atoms with Gasteiger partial charge in [0.05, 0.1) is 4.91 Å². The molecule has 0 N–H and O–H groups in total. The van der Waals surface area contributed by atoms with Crippen molar-refractivity contribution in [2.75, 3.05) is 6.54 Å². The molecular formula is C23H22ClNO2S2. The highest BCUT2D eigenvalue weighted by atomic mass is 35.5. The zero-order valence-corrected chi connectivity index (χ0v) is 18.4. The van der Waals surface area contributed by atoms with Crippen molar-refractivity contribution in [3.8, 4) is 0 Å². The fraction of sp³-hybridized carbons (Fsp3) is 0.304. The van der Waals surface area contributed by atoms with Gasteiger partial charge in [-0.05, 0) is 72.5 Å². The molecule has 0 bridgehead atoms. The van der Waals surface area contributed by atoms with Crippen molar-refractivity contribution >= 4 is 52.3 Å². The number of carbonyl (C=O) groups is 2. The van der Waals surface area contributed by atoms with Gasteiger partial charge in [-0.2, -0.15) is 0 Å². The number of amides is 2. The molecule has 6 heteroatoms. The Morgan fingerprint density at radius 1 is 1.03 bits per heavy atom. The summed E-state index contributed by atoms with van der Waals surface area (Å²) in [5.74, 6) is 0.293. The van der Waals surface area contributed by atoms with E-state index in [1.54, 1.807) is 11.8 Å². The molecule has 0 spiro atoms. The van der Waals surface area contributed by atoms with Gasteiger partial charge in [-0.1, -0.05) is 60.8 Å². The molecule has 1 heterocycles. The molecular weight excluding hydrogens is 422 g/mol. The van der Waals surface area contributed by atoms with Gasteiger partial charge < -0.3 is 0 Å². The Morgan fingerprint density at radius 2 is 1.76 bits per heavy atom. The van der Waals surface area contributed by atoms with E-state index in [1.165, 1.54) is 24.2 Å². The molecule has 0 aromatic heterocycles. The molecule has 0 radical (unpaired) electrons. The first-order valence-corrected chi connectivity index (χ1v) is 11.9. The predicted octanol–water partition coefficient (Wildman–Crippen LogP) is 7.11. The van der Waals surface area contributed by atoms with E-state index in [1.807, 2.05) is 54.6 Å². The van der Waals surface area contributed by atoms with E-state index in [4.69, 9.17) is 11.6 Å². The summed E-state index contributed by atoms with van der Waals surface area (Å²) in [5.41, 5.74) is 0.940. The number of imide groups is 1. The SMILES string of the molecule is O=C1S/C(=C\c2ccccc2Sc2ccc(Cl)cc2)C(=O)N1CC1CCCCC1. The summed E-state index contributed by atoms with van der Waals surface area (Å²) < 4.78 is 0. The quantitative estimate of drug-likeness (QED) is 0.461. The van der Waals surface area contributed by atoms with Crippen LogP contribution < -0.4 is 0 Å². The second kappa shape index (κ2) is 9.41. The average molecular weight is 444 g/mol. The van der Waals surface area contributed by atoms with Crippen LogP contribution in [-0.4, -0.2) is 22.6 Å². The summed E-state index contributed by atoms with van der Waals surface area (Å²) in [6.45, 7) is 0.559. The van der Waals surface area contributed by atoms with Gasteiger partial charge in [0, 0.05) is 21.4 Å². The molecule has 1 saturated carbocycles. The number of halogens is 1. The Balaban J connectivity index is 1.52. The molecule has 4 rings (SSSR count). The first kappa shape index (κ1) is 20.6. The summed E-state index contributed by atoms with van der Waals surface area (Å²) in [4.78, 5) is 29.4. The van der Waals surface area contributed by atoms with E-state index in [0.29, 0.717) is 22.4 Å². The molecule has 3 nitrogen and oxygen atoms in total. The molecule has 1 aliphatic carbocycles. The highest BCUT2D eigenvalue weighted by Gasteiger charge is 2.36.